The maximum Gasteiger partial charge on any atom is 0.123 e. The van der Waals surface area contributed by atoms with Crippen LogP contribution >= 0.6 is 8.58 Å². The average Bonchev–Trinajstić information content (AvgIpc) is 2.91. The third kappa shape index (κ3) is 5.77. The van der Waals surface area contributed by atoms with Crippen molar-refractivity contribution in [2.45, 2.75) is 45.9 Å². The normalized spacial score (nSPS) is 13.6. The summed E-state index contributed by atoms with van der Waals surface area (Å²) < 4.78 is 6.44. The number of rotatable bonds is 9. The molecule has 0 aromatic heterocycles. The Labute approximate surface area is 218 Å². The highest BCUT2D eigenvalue weighted by atomic mass is 31.1. The summed E-state index contributed by atoms with van der Waals surface area (Å²) in [5, 5.41) is 1.30. The average molecular weight is 494 g/mol. The minimum atomic E-state index is -0.0750. The van der Waals surface area contributed by atoms with Gasteiger partial charge in [-0.3, -0.25) is 4.99 Å². The van der Waals surface area contributed by atoms with Crippen molar-refractivity contribution in [1.29, 1.82) is 0 Å². The molecule has 0 saturated carbocycles. The molecule has 2 nitrogen and oxygen atoms in total. The van der Waals surface area contributed by atoms with Crippen LogP contribution in [0.15, 0.2) is 102 Å². The summed E-state index contributed by atoms with van der Waals surface area (Å²) >= 11 is 0. The van der Waals surface area contributed by atoms with Crippen molar-refractivity contribution in [2.75, 3.05) is 7.05 Å². The summed E-state index contributed by atoms with van der Waals surface area (Å²) in [6, 6.07) is 34.1. The van der Waals surface area contributed by atoms with Crippen LogP contribution in [-0.4, -0.2) is 12.8 Å². The second kappa shape index (κ2) is 11.7. The fourth-order valence-electron chi connectivity index (χ4n) is 4.59. The molecule has 0 amide bonds. The van der Waals surface area contributed by atoms with Gasteiger partial charge in [0.15, 0.2) is 0 Å². The van der Waals surface area contributed by atoms with Crippen LogP contribution < -0.4 is 10.0 Å². The van der Waals surface area contributed by atoms with Crippen LogP contribution in [0.2, 0.25) is 0 Å². The Morgan fingerprint density at radius 1 is 0.861 bits per heavy atom. The van der Waals surface area contributed by atoms with Gasteiger partial charge in [0.05, 0.1) is 5.71 Å². The zero-order valence-corrected chi connectivity index (χ0v) is 23.0. The highest BCUT2D eigenvalue weighted by Gasteiger charge is 2.31. The summed E-state index contributed by atoms with van der Waals surface area (Å²) in [5.74, 6) is 0.976. The molecule has 3 heteroatoms. The van der Waals surface area contributed by atoms with Gasteiger partial charge < -0.3 is 4.74 Å². The maximum atomic E-state index is 6.44. The smallest absolute Gasteiger partial charge is 0.123 e. The van der Waals surface area contributed by atoms with Gasteiger partial charge in [0.25, 0.3) is 0 Å². The van der Waals surface area contributed by atoms with Gasteiger partial charge in [0.1, 0.15) is 12.4 Å². The van der Waals surface area contributed by atoms with Crippen LogP contribution in [-0.2, 0) is 11.8 Å². The van der Waals surface area contributed by atoms with Gasteiger partial charge in [-0.25, -0.2) is 0 Å². The molecule has 4 rings (SSSR count). The largest absolute Gasteiger partial charge is 0.489 e. The summed E-state index contributed by atoms with van der Waals surface area (Å²) in [4.78, 5) is 4.75. The topological polar surface area (TPSA) is 21.6 Å². The summed E-state index contributed by atoms with van der Waals surface area (Å²) in [5.41, 5.74) is 8.44. The van der Waals surface area contributed by atoms with Gasteiger partial charge in [0.2, 0.25) is 0 Å². The first kappa shape index (κ1) is 25.9. The first-order valence-corrected chi connectivity index (χ1v) is 13.6. The lowest BCUT2D eigenvalue weighted by Crippen LogP contribution is -2.24. The number of hydrogen-bond donors (Lipinski definition) is 0. The Hall–Kier alpha value is -3.22. The molecule has 4 aromatic rings. The first-order chi connectivity index (χ1) is 17.4. The van der Waals surface area contributed by atoms with Crippen LogP contribution in [0.1, 0.15) is 53.6 Å². The lowest BCUT2D eigenvalue weighted by Gasteiger charge is -2.33. The second-order valence-electron chi connectivity index (χ2n) is 9.52. The molecule has 2 unspecified atom stereocenters. The Balaban J connectivity index is 1.74. The van der Waals surface area contributed by atoms with Gasteiger partial charge in [-0.05, 0) is 42.8 Å². The maximum absolute atomic E-state index is 6.44. The second-order valence-corrected chi connectivity index (χ2v) is 11.4. The van der Waals surface area contributed by atoms with E-state index in [0.29, 0.717) is 15.2 Å². The highest BCUT2D eigenvalue weighted by molar-refractivity contribution is 7.49. The Bertz CT molecular complexity index is 1330. The molecule has 0 aliphatic carbocycles. The van der Waals surface area contributed by atoms with Gasteiger partial charge >= 0.3 is 0 Å². The molecule has 36 heavy (non-hydrogen) atoms. The molecule has 0 saturated heterocycles. The monoisotopic (exact) mass is 493 g/mol. The van der Waals surface area contributed by atoms with Gasteiger partial charge in [0, 0.05) is 28.9 Å². The van der Waals surface area contributed by atoms with Gasteiger partial charge in [-0.15, -0.1) is 0 Å². The predicted molar refractivity (Wildman–Crippen MR) is 157 cm³/mol. The molecular formula is C33H36NOP. The summed E-state index contributed by atoms with van der Waals surface area (Å²) in [6.45, 7) is 9.64. The van der Waals surface area contributed by atoms with Crippen LogP contribution in [0.5, 0.6) is 5.75 Å². The van der Waals surface area contributed by atoms with Crippen molar-refractivity contribution in [3.05, 3.63) is 130 Å². The molecule has 0 aliphatic heterocycles. The van der Waals surface area contributed by atoms with Crippen LogP contribution in [0.4, 0.5) is 0 Å². The molecule has 0 fully saturated rings. The predicted octanol–water partition coefficient (Wildman–Crippen LogP) is 7.98. The van der Waals surface area contributed by atoms with Crippen LogP contribution in [0, 0.1) is 13.8 Å². The standard InChI is InChI=1S/C33H36NOP/c1-6-33(4,29-22-24(2)20-21-30(29)35-23-26-15-9-7-10-16-26)36-32-25(3)14-13-19-28(32)31(34-5)27-17-11-8-12-18-27/h7-22,36H,6,23H2,1-5H3/b34-31+. The van der Waals surface area contributed by atoms with Gasteiger partial charge in [-0.1, -0.05) is 119 Å². The number of aliphatic imine (C=N–C) groups is 1. The molecule has 0 spiro atoms. The first-order valence-electron chi connectivity index (χ1n) is 12.6. The van der Waals surface area contributed by atoms with E-state index in [-0.39, 0.29) is 5.16 Å². The van der Waals surface area contributed by atoms with E-state index in [9.17, 15) is 0 Å². The third-order valence-electron chi connectivity index (χ3n) is 6.87. The van der Waals surface area contributed by atoms with Crippen LogP contribution in [0.3, 0.4) is 0 Å². The van der Waals surface area contributed by atoms with E-state index in [2.05, 4.69) is 119 Å². The van der Waals surface area contributed by atoms with Crippen molar-refractivity contribution >= 4 is 19.6 Å². The van der Waals surface area contributed by atoms with E-state index in [4.69, 9.17) is 9.73 Å². The Kier molecular flexibility index (Phi) is 8.39. The zero-order valence-electron chi connectivity index (χ0n) is 22.0. The number of ether oxygens (including phenoxy) is 1. The van der Waals surface area contributed by atoms with Crippen LogP contribution in [0.25, 0.3) is 0 Å². The molecule has 0 heterocycles. The van der Waals surface area contributed by atoms with E-state index in [1.165, 1.54) is 33.1 Å². The minimum absolute atomic E-state index is 0.0750. The molecule has 0 bridgehead atoms. The molecular weight excluding hydrogens is 457 g/mol. The van der Waals surface area contributed by atoms with Crippen molar-refractivity contribution in [2.24, 2.45) is 4.99 Å². The lowest BCUT2D eigenvalue weighted by atomic mass is 9.94. The number of hydrogen-bond acceptors (Lipinski definition) is 2. The fourth-order valence-corrected chi connectivity index (χ4v) is 6.27. The van der Waals surface area contributed by atoms with Crippen molar-refractivity contribution in [1.82, 2.24) is 0 Å². The summed E-state index contributed by atoms with van der Waals surface area (Å²) in [6.07, 6.45) is 1.01. The van der Waals surface area contributed by atoms with E-state index in [1.54, 1.807) is 0 Å². The highest BCUT2D eigenvalue weighted by Crippen LogP contribution is 2.48. The van der Waals surface area contributed by atoms with E-state index >= 15 is 0 Å². The third-order valence-corrected chi connectivity index (χ3v) is 8.96. The quantitative estimate of drug-likeness (QED) is 0.171. The number of nitrogens with zero attached hydrogens (tertiary/aromatic N) is 1. The fraction of sp³-hybridized carbons (Fsp3) is 0.242. The minimum Gasteiger partial charge on any atom is -0.489 e. The van der Waals surface area contributed by atoms with E-state index in [0.717, 1.165) is 23.4 Å². The van der Waals surface area contributed by atoms with E-state index < -0.39 is 0 Å². The molecule has 0 N–H and O–H groups in total. The molecule has 0 aliphatic rings. The van der Waals surface area contributed by atoms with Crippen molar-refractivity contribution in [3.63, 3.8) is 0 Å². The molecule has 184 valence electrons. The summed E-state index contributed by atoms with van der Waals surface area (Å²) in [7, 11) is 2.46. The Morgan fingerprint density at radius 2 is 1.56 bits per heavy atom. The number of benzene rings is 4. The zero-order chi connectivity index (χ0) is 25.5. The Morgan fingerprint density at radius 3 is 2.22 bits per heavy atom. The van der Waals surface area contributed by atoms with E-state index in [1.807, 2.05) is 13.1 Å². The van der Waals surface area contributed by atoms with Crippen molar-refractivity contribution in [3.8, 4) is 5.75 Å². The molecule has 4 aromatic carbocycles. The SMILES string of the molecule is CCC(C)(Pc1c(C)cccc1/C(=N/C)c1ccccc1)c1cc(C)ccc1OCc1ccccc1. The molecule has 0 radical (unpaired) electrons. The number of aryl methyl sites for hydroxylation is 2. The lowest BCUT2D eigenvalue weighted by molar-refractivity contribution is 0.299. The van der Waals surface area contributed by atoms with Crippen molar-refractivity contribution < 1.29 is 4.74 Å². The van der Waals surface area contributed by atoms with Gasteiger partial charge in [-0.2, -0.15) is 0 Å². The molecule has 2 atom stereocenters.